The van der Waals surface area contributed by atoms with Crippen molar-refractivity contribution in [3.8, 4) is 17.1 Å². The highest BCUT2D eigenvalue weighted by Crippen LogP contribution is 2.51. The third-order valence-corrected chi connectivity index (χ3v) is 16.2. The van der Waals surface area contributed by atoms with Gasteiger partial charge in [-0.2, -0.15) is 8.78 Å². The topological polar surface area (TPSA) is 311 Å². The van der Waals surface area contributed by atoms with Gasteiger partial charge in [0, 0.05) is 66.4 Å². The average molecular weight is 1220 g/mol. The Labute approximate surface area is 468 Å². The second-order valence-electron chi connectivity index (χ2n) is 20.0. The summed E-state index contributed by atoms with van der Waals surface area (Å²) in [5, 5.41) is 0.622. The number of rotatable bonds is 31. The molecule has 0 aromatic heterocycles. The number of allylic oxidation sites excluding steroid dienone is 3. The van der Waals surface area contributed by atoms with Crippen LogP contribution in [0.1, 0.15) is 89.5 Å². The number of halogens is 4. The first kappa shape index (κ1) is 66.6. The van der Waals surface area contributed by atoms with Gasteiger partial charge in [0.2, 0.25) is 22.7 Å². The third kappa shape index (κ3) is 18.9. The van der Waals surface area contributed by atoms with Crippen molar-refractivity contribution in [2.24, 2.45) is 0 Å². The molecule has 2 aromatic carbocycles. The summed E-state index contributed by atoms with van der Waals surface area (Å²) in [4.78, 5) is 11.4. The molecular formula is C52H63F4N2O19S4-3. The van der Waals surface area contributed by atoms with Gasteiger partial charge in [0.05, 0.1) is 70.8 Å². The fourth-order valence-electron chi connectivity index (χ4n) is 9.06. The highest BCUT2D eigenvalue weighted by Gasteiger charge is 2.43. The van der Waals surface area contributed by atoms with Crippen LogP contribution >= 0.6 is 0 Å². The molecule has 1 atom stereocenters. The predicted molar refractivity (Wildman–Crippen MR) is 281 cm³/mol. The van der Waals surface area contributed by atoms with Crippen molar-refractivity contribution >= 4 is 58.2 Å². The van der Waals surface area contributed by atoms with Gasteiger partial charge in [-0.15, -0.1) is 0 Å². The highest BCUT2D eigenvalue weighted by molar-refractivity contribution is 7.86. The maximum atomic E-state index is 14.6. The molecule has 3 aliphatic rings. The van der Waals surface area contributed by atoms with E-state index in [-0.39, 0.29) is 64.8 Å². The Morgan fingerprint density at radius 3 is 1.90 bits per heavy atom. The number of ether oxygens (including phenoxy) is 5. The van der Waals surface area contributed by atoms with Gasteiger partial charge >= 0.3 is 5.97 Å². The summed E-state index contributed by atoms with van der Waals surface area (Å²) in [6.45, 7) is 10.6. The number of unbranched alkanes of at least 4 members (excludes halogenated alkanes) is 2. The minimum absolute atomic E-state index is 0.0177. The average Bonchev–Trinajstić information content (AvgIpc) is 3.92. The highest BCUT2D eigenvalue weighted by atomic mass is 32.2. The number of methoxy groups -OCH3 is 1. The molecule has 21 nitrogen and oxygen atoms in total. The number of nitrogens with zero attached hydrogens (tertiary/aromatic N) is 2. The lowest BCUT2D eigenvalue weighted by atomic mass is 9.77. The number of fused-ring (bicyclic) bond motifs is 2. The monoisotopic (exact) mass is 1220 g/mol. The van der Waals surface area contributed by atoms with E-state index in [1.165, 1.54) is 12.1 Å². The van der Waals surface area contributed by atoms with Gasteiger partial charge in [-0.25, -0.2) is 47.0 Å². The molecule has 0 N–H and O–H groups in total. The Bertz CT molecular complexity index is 3430. The van der Waals surface area contributed by atoms with Crippen molar-refractivity contribution in [2.45, 2.75) is 93.3 Å². The first-order valence-electron chi connectivity index (χ1n) is 25.3. The molecular weight excluding hydrogens is 1160 g/mol. The van der Waals surface area contributed by atoms with Gasteiger partial charge in [0.1, 0.15) is 49.8 Å². The number of hydrogen-bond donors (Lipinski definition) is 0. The Morgan fingerprint density at radius 2 is 1.32 bits per heavy atom. The van der Waals surface area contributed by atoms with E-state index in [0.29, 0.717) is 73.4 Å². The molecule has 0 bridgehead atoms. The van der Waals surface area contributed by atoms with E-state index in [9.17, 15) is 74.2 Å². The molecule has 1 unspecified atom stereocenters. The molecule has 0 fully saturated rings. The van der Waals surface area contributed by atoms with Crippen LogP contribution in [0.4, 0.5) is 23.2 Å². The summed E-state index contributed by atoms with van der Waals surface area (Å²) in [5.41, 5.74) is 0.976. The van der Waals surface area contributed by atoms with Crippen molar-refractivity contribution < 1.29 is 102 Å². The lowest BCUT2D eigenvalue weighted by molar-refractivity contribution is -0.135. The molecule has 2 heterocycles. The second-order valence-corrected chi connectivity index (χ2v) is 25.7. The van der Waals surface area contributed by atoms with Crippen molar-refractivity contribution in [3.05, 3.63) is 106 Å². The van der Waals surface area contributed by atoms with Gasteiger partial charge in [-0.05, 0) is 91.6 Å². The Kier molecular flexibility index (Phi) is 23.4. The number of esters is 1. The molecule has 29 heteroatoms. The van der Waals surface area contributed by atoms with Crippen LogP contribution in [0.25, 0.3) is 17.4 Å². The minimum atomic E-state index is -6.02. The van der Waals surface area contributed by atoms with Crippen LogP contribution in [0.5, 0.6) is 5.75 Å². The lowest BCUT2D eigenvalue weighted by Crippen LogP contribution is -2.35. The SMILES string of the molecule is COCCOCCOCCOCC[N+](CCCS(=O)(=O)[O-])=c1ccc2c(C(C)(C)C)cc(/C=C/C=C3/N(CCCCCC(=O)Oc4c(F)c(F)c(S(=O)(=O)[O-])c(F)c4F)c4ccc(S(=O)(=O)[O-])cc4C3(C)CCCS(=O)(=O)[O-])oc-2c1. The van der Waals surface area contributed by atoms with Gasteiger partial charge < -0.3 is 51.2 Å². The van der Waals surface area contributed by atoms with Crippen molar-refractivity contribution in [1.82, 2.24) is 4.58 Å². The zero-order valence-electron chi connectivity index (χ0n) is 45.0. The quantitative estimate of drug-likeness (QED) is 0.0112. The summed E-state index contributed by atoms with van der Waals surface area (Å²) < 4.78 is 233. The fourth-order valence-corrected chi connectivity index (χ4v) is 11.2. The smallest absolute Gasteiger partial charge is 0.311 e. The van der Waals surface area contributed by atoms with Crippen LogP contribution in [-0.4, -0.2) is 142 Å². The Hall–Kier alpha value is -5.18. The van der Waals surface area contributed by atoms with Crippen molar-refractivity contribution in [1.29, 1.82) is 0 Å². The Balaban J connectivity index is 1.48. The molecule has 0 spiro atoms. The standard InChI is InChI=1S/C52H66F4N2O19S4/c1-51(2,3)39-33-36(76-42-32-35(15-17-38(39)42)57(20-11-31-79(63,64)65)22-23-73-26-27-75-29-28-74-25-24-72-5)12-9-13-43-52(4,19-10-30-78(60,61)62)40-34-37(80(66,67)68)16-18-41(40)58(43)21-8-6-7-14-44(59)77-49-45(53)47(55)50(81(69,70)71)48(56)46(49)54/h9,12-13,15-18,32-34H,6-8,10-11,14,19-31H2,1-5H3,(H3-,60,61,62,63,64,65,66,67,68,69,70,71)/p-3. The van der Waals surface area contributed by atoms with E-state index in [0.717, 1.165) is 17.2 Å². The number of anilines is 1. The van der Waals surface area contributed by atoms with E-state index in [2.05, 4.69) is 4.74 Å². The van der Waals surface area contributed by atoms with Crippen LogP contribution in [0.2, 0.25) is 0 Å². The van der Waals surface area contributed by atoms with Gasteiger partial charge in [-0.3, -0.25) is 4.79 Å². The van der Waals surface area contributed by atoms with Crippen LogP contribution in [0, 0.1) is 23.3 Å². The van der Waals surface area contributed by atoms with Crippen LogP contribution in [0.15, 0.2) is 74.5 Å². The summed E-state index contributed by atoms with van der Waals surface area (Å²) in [6.07, 6.45) is 4.36. The Morgan fingerprint density at radius 1 is 0.716 bits per heavy atom. The molecule has 0 saturated carbocycles. The molecule has 450 valence electrons. The van der Waals surface area contributed by atoms with Crippen LogP contribution in [0.3, 0.4) is 0 Å². The first-order chi connectivity index (χ1) is 37.8. The zero-order valence-corrected chi connectivity index (χ0v) is 48.3. The number of carbonyl (C=O) groups excluding carboxylic acids is 1. The number of benzene rings is 3. The number of hydrogen-bond acceptors (Lipinski definition) is 20. The van der Waals surface area contributed by atoms with E-state index >= 15 is 0 Å². The molecule has 0 amide bonds. The van der Waals surface area contributed by atoms with Crippen LogP contribution in [-0.2, 0) is 75.0 Å². The van der Waals surface area contributed by atoms with E-state index < -0.39 is 114 Å². The van der Waals surface area contributed by atoms with E-state index in [4.69, 9.17) is 23.4 Å². The van der Waals surface area contributed by atoms with E-state index in [1.54, 1.807) is 43.2 Å². The molecule has 1 aliphatic carbocycles. The molecule has 2 aliphatic heterocycles. The second kappa shape index (κ2) is 28.4. The summed E-state index contributed by atoms with van der Waals surface area (Å²) >= 11 is 0. The molecule has 81 heavy (non-hydrogen) atoms. The summed E-state index contributed by atoms with van der Waals surface area (Å²) in [7, 11) is -18.7. The lowest BCUT2D eigenvalue weighted by Gasteiger charge is -2.31. The molecule has 0 radical (unpaired) electrons. The predicted octanol–water partition coefficient (Wildman–Crippen LogP) is 5.62. The maximum absolute atomic E-state index is 14.6. The minimum Gasteiger partial charge on any atom is -0.748 e. The largest absolute Gasteiger partial charge is 0.748 e. The van der Waals surface area contributed by atoms with Crippen LogP contribution < -0.4 is 19.6 Å². The normalized spacial score (nSPS) is 16.3. The molecule has 2 aromatic rings. The fraction of sp³-hybridized carbons (Fsp3) is 0.500. The molecule has 0 saturated heterocycles. The van der Waals surface area contributed by atoms with Crippen molar-refractivity contribution in [2.75, 3.05) is 89.4 Å². The van der Waals surface area contributed by atoms with E-state index in [1.807, 2.05) is 43.5 Å². The summed E-state index contributed by atoms with van der Waals surface area (Å²) in [6, 6.07) is 10.9. The third-order valence-electron chi connectivity index (χ3n) is 12.9. The van der Waals surface area contributed by atoms with Gasteiger partial charge in [-0.1, -0.05) is 33.3 Å². The molecule has 5 rings (SSSR count). The zero-order chi connectivity index (χ0) is 60.1. The van der Waals surface area contributed by atoms with Gasteiger partial charge in [0.15, 0.2) is 18.2 Å². The maximum Gasteiger partial charge on any atom is 0.311 e. The van der Waals surface area contributed by atoms with Crippen molar-refractivity contribution in [3.63, 3.8) is 0 Å². The number of carbonyl (C=O) groups is 1. The first-order valence-corrected chi connectivity index (χ1v) is 31.3. The van der Waals surface area contributed by atoms with Gasteiger partial charge in [0.25, 0.3) is 0 Å². The summed E-state index contributed by atoms with van der Waals surface area (Å²) in [5.74, 6) is -13.9.